The van der Waals surface area contributed by atoms with Gasteiger partial charge in [0.15, 0.2) is 0 Å². The van der Waals surface area contributed by atoms with Crippen molar-refractivity contribution in [3.63, 3.8) is 0 Å². The van der Waals surface area contributed by atoms with Crippen LogP contribution >= 0.6 is 0 Å². The zero-order valence-electron chi connectivity index (χ0n) is 10.7. The number of carbonyl (C=O) groups is 2. The number of hydrogen-bond donors (Lipinski definition) is 0. The maximum atomic E-state index is 10.7. The topological polar surface area (TPSA) is 61.8 Å². The first-order valence-electron chi connectivity index (χ1n) is 5.10. The predicted molar refractivity (Wildman–Crippen MR) is 64.5 cm³/mol. The number of ether oxygens (including phenoxy) is 3. The van der Waals surface area contributed by atoms with E-state index in [1.807, 2.05) is 6.92 Å². The monoisotopic (exact) mass is 244 g/mol. The molecule has 17 heavy (non-hydrogen) atoms. The summed E-state index contributed by atoms with van der Waals surface area (Å²) in [6.45, 7) is 11.5. The first kappa shape index (κ1) is 17.8. The van der Waals surface area contributed by atoms with E-state index >= 15 is 0 Å². The lowest BCUT2D eigenvalue weighted by atomic mass is 10.4. The standard InChI is InChI=1S/C8H14O3.C4H6O2/c1-4-10-5-6-11-8(9)7(2)3;1-3-4(5)6-2/h2,4-6H2,1,3H3;3H,1H2,2H3. The van der Waals surface area contributed by atoms with Gasteiger partial charge in [-0.2, -0.15) is 0 Å². The van der Waals surface area contributed by atoms with Gasteiger partial charge in [-0.1, -0.05) is 13.2 Å². The summed E-state index contributed by atoms with van der Waals surface area (Å²) in [5, 5.41) is 0. The second-order valence-corrected chi connectivity index (χ2v) is 2.84. The third-order valence-electron chi connectivity index (χ3n) is 1.38. The molecule has 5 heteroatoms. The number of hydrogen-bond acceptors (Lipinski definition) is 5. The molecule has 0 fully saturated rings. The Hall–Kier alpha value is -1.62. The highest BCUT2D eigenvalue weighted by Gasteiger charge is 2.00. The molecule has 0 aromatic carbocycles. The molecule has 0 rings (SSSR count). The zero-order chi connectivity index (χ0) is 13.7. The van der Waals surface area contributed by atoms with Gasteiger partial charge in [0.05, 0.1) is 13.7 Å². The molecular weight excluding hydrogens is 224 g/mol. The molecule has 0 spiro atoms. The van der Waals surface area contributed by atoms with Crippen molar-refractivity contribution in [1.82, 2.24) is 0 Å². The fourth-order valence-corrected chi connectivity index (χ4v) is 0.544. The highest BCUT2D eigenvalue weighted by atomic mass is 16.6. The first-order chi connectivity index (χ1) is 7.99. The molecule has 0 aliphatic heterocycles. The van der Waals surface area contributed by atoms with Crippen LogP contribution in [0.4, 0.5) is 0 Å². The molecule has 0 unspecified atom stereocenters. The predicted octanol–water partition coefficient (Wildman–Crippen LogP) is 1.49. The van der Waals surface area contributed by atoms with Gasteiger partial charge in [0.2, 0.25) is 0 Å². The summed E-state index contributed by atoms with van der Waals surface area (Å²) in [4.78, 5) is 20.6. The van der Waals surface area contributed by atoms with E-state index in [0.717, 1.165) is 6.08 Å². The van der Waals surface area contributed by atoms with E-state index in [2.05, 4.69) is 17.9 Å². The van der Waals surface area contributed by atoms with Crippen molar-refractivity contribution in [1.29, 1.82) is 0 Å². The Labute approximate surface area is 102 Å². The van der Waals surface area contributed by atoms with Gasteiger partial charge in [-0.15, -0.1) is 0 Å². The molecule has 0 atom stereocenters. The quantitative estimate of drug-likeness (QED) is 0.402. The Kier molecular flexibility index (Phi) is 13.0. The second kappa shape index (κ2) is 12.4. The minimum Gasteiger partial charge on any atom is -0.466 e. The Morgan fingerprint density at radius 2 is 1.88 bits per heavy atom. The van der Waals surface area contributed by atoms with Crippen LogP contribution in [0.2, 0.25) is 0 Å². The highest BCUT2D eigenvalue weighted by molar-refractivity contribution is 5.86. The van der Waals surface area contributed by atoms with Gasteiger partial charge in [-0.3, -0.25) is 0 Å². The van der Waals surface area contributed by atoms with Crippen LogP contribution in [0.15, 0.2) is 24.8 Å². The molecule has 98 valence electrons. The minimum atomic E-state index is -0.394. The summed E-state index contributed by atoms with van der Waals surface area (Å²) < 4.78 is 13.8. The molecule has 0 bridgehead atoms. The number of carbonyl (C=O) groups excluding carboxylic acids is 2. The van der Waals surface area contributed by atoms with Gasteiger partial charge in [0.25, 0.3) is 0 Å². The van der Waals surface area contributed by atoms with Gasteiger partial charge < -0.3 is 14.2 Å². The van der Waals surface area contributed by atoms with E-state index in [-0.39, 0.29) is 5.97 Å². The molecule has 0 aromatic heterocycles. The number of rotatable bonds is 6. The fourth-order valence-electron chi connectivity index (χ4n) is 0.544. The van der Waals surface area contributed by atoms with Crippen LogP contribution in [0.25, 0.3) is 0 Å². The molecule has 0 aliphatic carbocycles. The maximum absolute atomic E-state index is 10.7. The molecule has 0 aromatic rings. The largest absolute Gasteiger partial charge is 0.466 e. The van der Waals surface area contributed by atoms with E-state index in [4.69, 9.17) is 9.47 Å². The van der Waals surface area contributed by atoms with Crippen LogP contribution < -0.4 is 0 Å². The lowest BCUT2D eigenvalue weighted by Crippen LogP contribution is -2.10. The third kappa shape index (κ3) is 14.4. The summed E-state index contributed by atoms with van der Waals surface area (Å²) in [5.74, 6) is -0.750. The van der Waals surface area contributed by atoms with Crippen molar-refractivity contribution in [2.24, 2.45) is 0 Å². The third-order valence-corrected chi connectivity index (χ3v) is 1.38. The molecule has 0 N–H and O–H groups in total. The van der Waals surface area contributed by atoms with Crippen molar-refractivity contribution < 1.29 is 23.8 Å². The summed E-state index contributed by atoms with van der Waals surface area (Å²) in [6, 6.07) is 0. The van der Waals surface area contributed by atoms with E-state index < -0.39 is 5.97 Å². The smallest absolute Gasteiger partial charge is 0.333 e. The molecule has 5 nitrogen and oxygen atoms in total. The minimum absolute atomic E-state index is 0.305. The van der Waals surface area contributed by atoms with Crippen LogP contribution in [-0.2, 0) is 23.8 Å². The molecular formula is C12H20O5. The van der Waals surface area contributed by atoms with Crippen LogP contribution in [0, 0.1) is 0 Å². The molecule has 0 radical (unpaired) electrons. The lowest BCUT2D eigenvalue weighted by molar-refractivity contribution is -0.140. The Morgan fingerprint density at radius 1 is 1.29 bits per heavy atom. The summed E-state index contributed by atoms with van der Waals surface area (Å²) in [7, 11) is 1.31. The van der Waals surface area contributed by atoms with Crippen molar-refractivity contribution in [3.8, 4) is 0 Å². The fraction of sp³-hybridized carbons (Fsp3) is 0.500. The highest BCUT2D eigenvalue weighted by Crippen LogP contribution is 1.91. The zero-order valence-corrected chi connectivity index (χ0v) is 10.7. The second-order valence-electron chi connectivity index (χ2n) is 2.84. The SMILES string of the molecule is C=C(C)C(=O)OCCOCC.C=CC(=O)OC. The number of esters is 2. The Morgan fingerprint density at radius 3 is 2.18 bits per heavy atom. The van der Waals surface area contributed by atoms with Gasteiger partial charge in [0, 0.05) is 18.3 Å². The Bertz CT molecular complexity index is 258. The van der Waals surface area contributed by atoms with Crippen molar-refractivity contribution >= 4 is 11.9 Å². The summed E-state index contributed by atoms with van der Waals surface area (Å²) in [6.07, 6.45) is 1.11. The van der Waals surface area contributed by atoms with Crippen molar-refractivity contribution in [2.75, 3.05) is 26.9 Å². The summed E-state index contributed by atoms with van der Waals surface area (Å²) >= 11 is 0. The average Bonchev–Trinajstić information content (AvgIpc) is 2.33. The lowest BCUT2D eigenvalue weighted by Gasteiger charge is -2.03. The Balaban J connectivity index is 0. The molecule has 0 heterocycles. The van der Waals surface area contributed by atoms with Gasteiger partial charge >= 0.3 is 11.9 Å². The molecule has 0 saturated carbocycles. The van der Waals surface area contributed by atoms with E-state index in [1.165, 1.54) is 7.11 Å². The summed E-state index contributed by atoms with van der Waals surface area (Å²) in [5.41, 5.74) is 0.418. The van der Waals surface area contributed by atoms with Gasteiger partial charge in [-0.25, -0.2) is 9.59 Å². The average molecular weight is 244 g/mol. The van der Waals surface area contributed by atoms with Crippen molar-refractivity contribution in [2.45, 2.75) is 13.8 Å². The normalized spacial score (nSPS) is 8.41. The van der Waals surface area contributed by atoms with Gasteiger partial charge in [-0.05, 0) is 13.8 Å². The van der Waals surface area contributed by atoms with Crippen molar-refractivity contribution in [3.05, 3.63) is 24.8 Å². The van der Waals surface area contributed by atoms with E-state index in [0.29, 0.717) is 25.4 Å². The maximum Gasteiger partial charge on any atom is 0.333 e. The van der Waals surface area contributed by atoms with Crippen LogP contribution in [0.3, 0.4) is 0 Å². The molecule has 0 aliphatic rings. The van der Waals surface area contributed by atoms with Crippen LogP contribution in [-0.4, -0.2) is 38.9 Å². The number of methoxy groups -OCH3 is 1. The van der Waals surface area contributed by atoms with E-state index in [9.17, 15) is 9.59 Å². The molecule has 0 saturated heterocycles. The van der Waals surface area contributed by atoms with Crippen LogP contribution in [0.1, 0.15) is 13.8 Å². The van der Waals surface area contributed by atoms with Crippen LogP contribution in [0.5, 0.6) is 0 Å². The van der Waals surface area contributed by atoms with Gasteiger partial charge in [0.1, 0.15) is 6.61 Å². The van der Waals surface area contributed by atoms with E-state index in [1.54, 1.807) is 6.92 Å². The molecule has 0 amide bonds. The first-order valence-corrected chi connectivity index (χ1v) is 5.10.